The highest BCUT2D eigenvalue weighted by molar-refractivity contribution is 5.70. The van der Waals surface area contributed by atoms with Gasteiger partial charge < -0.3 is 19.7 Å². The molecule has 0 unspecified atom stereocenters. The molecule has 38 heavy (non-hydrogen) atoms. The standard InChI is InChI=1S/C27H24F6O5/c1-17-13-20(25(36,26(28,29)30)27(31,32)33)9-12-23(17)38-22(14-18-5-3-2-4-6-18)16-37-21-10-7-19(8-11-21)15-24(34)35/h2-13,22,36H,14-16H2,1H3,(H,34,35)/t22-/m1/s1. The molecule has 3 rings (SSSR count). The van der Waals surface area contributed by atoms with E-state index in [9.17, 15) is 36.2 Å². The van der Waals surface area contributed by atoms with Crippen LogP contribution in [0.4, 0.5) is 26.3 Å². The number of alkyl halides is 6. The second kappa shape index (κ2) is 11.3. The van der Waals surface area contributed by atoms with E-state index >= 15 is 0 Å². The highest BCUT2D eigenvalue weighted by atomic mass is 19.4. The Kier molecular flexibility index (Phi) is 8.61. The van der Waals surface area contributed by atoms with Gasteiger partial charge in [-0.3, -0.25) is 4.79 Å². The lowest BCUT2D eigenvalue weighted by atomic mass is 9.91. The zero-order valence-electron chi connectivity index (χ0n) is 20.0. The first kappa shape index (κ1) is 28.8. The van der Waals surface area contributed by atoms with Crippen molar-refractivity contribution in [2.75, 3.05) is 6.61 Å². The highest BCUT2D eigenvalue weighted by Gasteiger charge is 2.71. The third-order valence-electron chi connectivity index (χ3n) is 5.73. The average Bonchev–Trinajstić information content (AvgIpc) is 2.83. The number of halogens is 6. The molecule has 0 fully saturated rings. The Morgan fingerprint density at radius 1 is 0.868 bits per heavy atom. The summed E-state index contributed by atoms with van der Waals surface area (Å²) in [5.74, 6) is -0.560. The van der Waals surface area contributed by atoms with E-state index in [2.05, 4.69) is 0 Å². The van der Waals surface area contributed by atoms with Gasteiger partial charge in [0.05, 0.1) is 6.42 Å². The minimum absolute atomic E-state index is 0.0155. The highest BCUT2D eigenvalue weighted by Crippen LogP contribution is 2.50. The third-order valence-corrected chi connectivity index (χ3v) is 5.73. The summed E-state index contributed by atoms with van der Waals surface area (Å²) in [6.45, 7) is 1.23. The van der Waals surface area contributed by atoms with Gasteiger partial charge in [-0.2, -0.15) is 26.3 Å². The van der Waals surface area contributed by atoms with E-state index < -0.39 is 35.6 Å². The lowest BCUT2D eigenvalue weighted by molar-refractivity contribution is -0.376. The van der Waals surface area contributed by atoms with Crippen molar-refractivity contribution in [3.05, 3.63) is 95.1 Å². The molecule has 3 aromatic carbocycles. The average molecular weight is 542 g/mol. The summed E-state index contributed by atoms with van der Waals surface area (Å²) in [4.78, 5) is 10.8. The maximum atomic E-state index is 13.3. The molecule has 0 saturated carbocycles. The minimum Gasteiger partial charge on any atom is -0.490 e. The summed E-state index contributed by atoms with van der Waals surface area (Å²) in [5.41, 5.74) is -5.06. The number of rotatable bonds is 10. The number of aliphatic hydroxyl groups is 1. The molecule has 0 heterocycles. The molecular formula is C27H24F6O5. The summed E-state index contributed by atoms with van der Waals surface area (Å²) in [7, 11) is 0. The van der Waals surface area contributed by atoms with Crippen molar-refractivity contribution in [1.82, 2.24) is 0 Å². The zero-order chi connectivity index (χ0) is 28.1. The largest absolute Gasteiger partial charge is 0.490 e. The van der Waals surface area contributed by atoms with Crippen LogP contribution in [0.5, 0.6) is 11.5 Å². The van der Waals surface area contributed by atoms with Crippen LogP contribution >= 0.6 is 0 Å². The molecule has 5 nitrogen and oxygen atoms in total. The fraction of sp³-hybridized carbons (Fsp3) is 0.296. The van der Waals surface area contributed by atoms with Gasteiger partial charge in [-0.05, 0) is 47.9 Å². The molecule has 0 saturated heterocycles. The molecule has 0 aliphatic heterocycles. The van der Waals surface area contributed by atoms with Crippen LogP contribution in [0.2, 0.25) is 0 Å². The maximum Gasteiger partial charge on any atom is 0.430 e. The van der Waals surface area contributed by atoms with Crippen molar-refractivity contribution < 1.29 is 50.8 Å². The van der Waals surface area contributed by atoms with E-state index in [0.717, 1.165) is 11.6 Å². The molecule has 0 aliphatic carbocycles. The molecular weight excluding hydrogens is 518 g/mol. The molecule has 3 aromatic rings. The predicted molar refractivity (Wildman–Crippen MR) is 125 cm³/mol. The molecule has 0 radical (unpaired) electrons. The van der Waals surface area contributed by atoms with Crippen LogP contribution in [0.1, 0.15) is 22.3 Å². The van der Waals surface area contributed by atoms with Crippen LogP contribution in [-0.4, -0.2) is 41.2 Å². The normalized spacial score (nSPS) is 13.2. The van der Waals surface area contributed by atoms with Crippen molar-refractivity contribution in [3.63, 3.8) is 0 Å². The van der Waals surface area contributed by atoms with E-state index in [1.807, 2.05) is 12.1 Å². The third kappa shape index (κ3) is 6.77. The summed E-state index contributed by atoms with van der Waals surface area (Å²) in [5, 5.41) is 18.6. The summed E-state index contributed by atoms with van der Waals surface area (Å²) < 4.78 is 91.3. The summed E-state index contributed by atoms with van der Waals surface area (Å²) in [6.07, 6.45) is -12.6. The molecule has 1 atom stereocenters. The fourth-order valence-electron chi connectivity index (χ4n) is 3.75. The quantitative estimate of drug-likeness (QED) is 0.307. The Labute approximate surface area is 214 Å². The SMILES string of the molecule is Cc1cc(C(O)(C(F)(F)F)C(F)(F)F)ccc1O[C@@H](COc1ccc(CC(=O)O)cc1)Cc1ccccc1. The molecule has 0 amide bonds. The Bertz CT molecular complexity index is 1210. The van der Waals surface area contributed by atoms with Gasteiger partial charge in [-0.1, -0.05) is 48.5 Å². The molecule has 0 bridgehead atoms. The van der Waals surface area contributed by atoms with Crippen molar-refractivity contribution >= 4 is 5.97 Å². The second-order valence-corrected chi connectivity index (χ2v) is 8.64. The van der Waals surface area contributed by atoms with Crippen LogP contribution in [-0.2, 0) is 23.2 Å². The van der Waals surface area contributed by atoms with E-state index in [-0.39, 0.29) is 24.3 Å². The minimum atomic E-state index is -6.00. The molecule has 0 spiro atoms. The van der Waals surface area contributed by atoms with Gasteiger partial charge >= 0.3 is 18.3 Å². The van der Waals surface area contributed by atoms with Crippen molar-refractivity contribution in [2.24, 2.45) is 0 Å². The van der Waals surface area contributed by atoms with Crippen LogP contribution < -0.4 is 9.47 Å². The number of carboxylic acids is 1. The number of aryl methyl sites for hydroxylation is 1. The number of ether oxygens (including phenoxy) is 2. The molecule has 204 valence electrons. The zero-order valence-corrected chi connectivity index (χ0v) is 20.0. The van der Waals surface area contributed by atoms with Gasteiger partial charge in [-0.15, -0.1) is 0 Å². The Hall–Kier alpha value is -3.73. The Morgan fingerprint density at radius 3 is 2.00 bits per heavy atom. The first-order valence-corrected chi connectivity index (χ1v) is 11.3. The molecule has 0 aliphatic rings. The van der Waals surface area contributed by atoms with Gasteiger partial charge in [0.25, 0.3) is 5.60 Å². The first-order chi connectivity index (χ1) is 17.7. The predicted octanol–water partition coefficient (Wildman–Crippen LogP) is 6.00. The lowest BCUT2D eigenvalue weighted by Crippen LogP contribution is -2.53. The van der Waals surface area contributed by atoms with Crippen molar-refractivity contribution in [1.29, 1.82) is 0 Å². The monoisotopic (exact) mass is 542 g/mol. The first-order valence-electron chi connectivity index (χ1n) is 11.3. The number of carboxylic acid groups (broad SMARTS) is 1. The van der Waals surface area contributed by atoms with Crippen molar-refractivity contribution in [3.8, 4) is 11.5 Å². The Balaban J connectivity index is 1.83. The van der Waals surface area contributed by atoms with Gasteiger partial charge in [0.1, 0.15) is 24.2 Å². The summed E-state index contributed by atoms with van der Waals surface area (Å²) in [6, 6.07) is 17.4. The van der Waals surface area contributed by atoms with Crippen LogP contribution in [0, 0.1) is 6.92 Å². The smallest absolute Gasteiger partial charge is 0.430 e. The van der Waals surface area contributed by atoms with E-state index in [1.165, 1.54) is 6.92 Å². The van der Waals surface area contributed by atoms with Crippen LogP contribution in [0.3, 0.4) is 0 Å². The van der Waals surface area contributed by atoms with E-state index in [4.69, 9.17) is 14.6 Å². The van der Waals surface area contributed by atoms with Gasteiger partial charge in [0, 0.05) is 12.0 Å². The maximum absolute atomic E-state index is 13.3. The Morgan fingerprint density at radius 2 is 1.47 bits per heavy atom. The molecule has 0 aromatic heterocycles. The number of hydrogen-bond donors (Lipinski definition) is 2. The van der Waals surface area contributed by atoms with Crippen LogP contribution in [0.25, 0.3) is 0 Å². The van der Waals surface area contributed by atoms with E-state index in [0.29, 0.717) is 29.9 Å². The van der Waals surface area contributed by atoms with Gasteiger partial charge in [-0.25, -0.2) is 0 Å². The van der Waals surface area contributed by atoms with Gasteiger partial charge in [0.2, 0.25) is 0 Å². The second-order valence-electron chi connectivity index (χ2n) is 8.64. The van der Waals surface area contributed by atoms with Crippen LogP contribution in [0.15, 0.2) is 72.8 Å². The summed E-state index contributed by atoms with van der Waals surface area (Å²) >= 11 is 0. The van der Waals surface area contributed by atoms with Gasteiger partial charge in [0.15, 0.2) is 0 Å². The molecule has 11 heteroatoms. The number of benzene rings is 3. The number of aliphatic carboxylic acids is 1. The molecule has 2 N–H and O–H groups in total. The number of hydrogen-bond acceptors (Lipinski definition) is 4. The number of carbonyl (C=O) groups is 1. The van der Waals surface area contributed by atoms with E-state index in [1.54, 1.807) is 42.5 Å². The van der Waals surface area contributed by atoms with Crippen molar-refractivity contribution in [2.45, 2.75) is 43.8 Å². The topological polar surface area (TPSA) is 76.0 Å². The lowest BCUT2D eigenvalue weighted by Gasteiger charge is -2.33. The fourth-order valence-corrected chi connectivity index (χ4v) is 3.75.